The number of ether oxygens (including phenoxy) is 1. The van der Waals surface area contributed by atoms with Crippen molar-refractivity contribution in [3.05, 3.63) is 59.7 Å². The summed E-state index contributed by atoms with van der Waals surface area (Å²) in [6.07, 6.45) is 0.466. The summed E-state index contributed by atoms with van der Waals surface area (Å²) in [7, 11) is 0. The highest BCUT2D eigenvalue weighted by molar-refractivity contribution is 5.79. The molecule has 0 aliphatic heterocycles. The van der Waals surface area contributed by atoms with Crippen LogP contribution in [0.1, 0.15) is 30.9 Å². The number of benzene rings is 2. The van der Waals surface area contributed by atoms with Crippen LogP contribution in [-0.4, -0.2) is 50.5 Å². The Morgan fingerprint density at radius 1 is 0.926 bits per heavy atom. The van der Waals surface area contributed by atoms with Crippen LogP contribution in [0.25, 0.3) is 0 Å². The van der Waals surface area contributed by atoms with Gasteiger partial charge in [0.15, 0.2) is 5.78 Å². The normalized spacial score (nSPS) is 12.1. The maximum absolute atomic E-state index is 12.1. The molecule has 0 spiro atoms. The standard InChI is InChI=1S/C20H24O7/c1-19(14-2-6-16(22)7-3-14,15-4-8-17(23)9-5-15)11-10-18(24)12-27-20(25,26)13-21/h2-9,21-23,25-26H,10-13H2,1H3. The molecule has 0 aliphatic carbocycles. The zero-order valence-electron chi connectivity index (χ0n) is 15.0. The molecule has 7 heteroatoms. The minimum Gasteiger partial charge on any atom is -0.508 e. The van der Waals surface area contributed by atoms with E-state index in [0.29, 0.717) is 6.42 Å². The van der Waals surface area contributed by atoms with Gasteiger partial charge in [0.05, 0.1) is 0 Å². The maximum atomic E-state index is 12.1. The van der Waals surface area contributed by atoms with E-state index in [2.05, 4.69) is 4.74 Å². The molecule has 0 radical (unpaired) electrons. The van der Waals surface area contributed by atoms with Crippen LogP contribution in [0.3, 0.4) is 0 Å². The summed E-state index contributed by atoms with van der Waals surface area (Å²) in [5, 5.41) is 46.2. The van der Waals surface area contributed by atoms with E-state index < -0.39 is 24.6 Å². The second-order valence-electron chi connectivity index (χ2n) is 6.65. The van der Waals surface area contributed by atoms with Gasteiger partial charge >= 0.3 is 5.97 Å². The van der Waals surface area contributed by atoms with Gasteiger partial charge in [0, 0.05) is 11.8 Å². The first-order valence-electron chi connectivity index (χ1n) is 8.46. The molecule has 2 aromatic rings. The number of aliphatic hydroxyl groups excluding tert-OH is 1. The Morgan fingerprint density at radius 3 is 1.78 bits per heavy atom. The zero-order valence-corrected chi connectivity index (χ0v) is 15.0. The number of hydrogen-bond donors (Lipinski definition) is 5. The quantitative estimate of drug-likeness (QED) is 0.419. The number of phenols is 2. The third kappa shape index (κ3) is 5.51. The lowest BCUT2D eigenvalue weighted by atomic mass is 9.72. The Labute approximate surface area is 157 Å². The molecule has 0 saturated heterocycles. The maximum Gasteiger partial charge on any atom is 0.302 e. The number of carbonyl (C=O) groups is 1. The van der Waals surface area contributed by atoms with Crippen molar-refractivity contribution in [3.63, 3.8) is 0 Å². The molecule has 0 unspecified atom stereocenters. The molecular formula is C20H24O7. The predicted molar refractivity (Wildman–Crippen MR) is 97.1 cm³/mol. The summed E-state index contributed by atoms with van der Waals surface area (Å²) in [6, 6.07) is 13.3. The van der Waals surface area contributed by atoms with Gasteiger partial charge in [0.25, 0.3) is 0 Å². The van der Waals surface area contributed by atoms with Crippen molar-refractivity contribution >= 4 is 5.78 Å². The Morgan fingerprint density at radius 2 is 1.37 bits per heavy atom. The number of aromatic hydroxyl groups is 2. The molecule has 0 aliphatic rings. The Kier molecular flexibility index (Phi) is 6.56. The van der Waals surface area contributed by atoms with E-state index >= 15 is 0 Å². The highest BCUT2D eigenvalue weighted by Gasteiger charge is 2.30. The third-order valence-electron chi connectivity index (χ3n) is 4.58. The highest BCUT2D eigenvalue weighted by Crippen LogP contribution is 2.37. The van der Waals surface area contributed by atoms with Crippen molar-refractivity contribution in [1.29, 1.82) is 0 Å². The minimum atomic E-state index is -2.74. The molecule has 27 heavy (non-hydrogen) atoms. The molecule has 0 fully saturated rings. The number of carbonyl (C=O) groups excluding carboxylic acids is 1. The number of Topliss-reactive ketones (excluding diaryl/α,β-unsaturated/α-hetero) is 1. The zero-order chi connectivity index (χ0) is 20.1. The summed E-state index contributed by atoms with van der Waals surface area (Å²) in [4.78, 5) is 12.1. The van der Waals surface area contributed by atoms with Crippen molar-refractivity contribution < 1.29 is 35.1 Å². The first-order valence-corrected chi connectivity index (χ1v) is 8.46. The van der Waals surface area contributed by atoms with Gasteiger partial charge in [-0.05, 0) is 41.8 Å². The lowest BCUT2D eigenvalue weighted by Crippen LogP contribution is -2.38. The lowest BCUT2D eigenvalue weighted by molar-refractivity contribution is -0.347. The fourth-order valence-electron chi connectivity index (χ4n) is 2.82. The van der Waals surface area contributed by atoms with E-state index in [1.165, 1.54) is 0 Å². The Balaban J connectivity index is 2.19. The van der Waals surface area contributed by atoms with Gasteiger partial charge in [0.1, 0.15) is 24.7 Å². The topological polar surface area (TPSA) is 127 Å². The molecule has 0 saturated carbocycles. The average Bonchev–Trinajstić information content (AvgIpc) is 2.65. The lowest BCUT2D eigenvalue weighted by Gasteiger charge is -2.31. The molecule has 2 rings (SSSR count). The summed E-state index contributed by atoms with van der Waals surface area (Å²) in [6.45, 7) is 0.351. The van der Waals surface area contributed by atoms with Crippen LogP contribution in [0.5, 0.6) is 11.5 Å². The van der Waals surface area contributed by atoms with E-state index in [0.717, 1.165) is 11.1 Å². The van der Waals surface area contributed by atoms with E-state index in [4.69, 9.17) is 5.11 Å². The summed E-state index contributed by atoms with van der Waals surface area (Å²) in [5.74, 6) is -2.85. The molecule has 146 valence electrons. The largest absolute Gasteiger partial charge is 0.508 e. The summed E-state index contributed by atoms with van der Waals surface area (Å²) >= 11 is 0. The molecule has 0 bridgehead atoms. The van der Waals surface area contributed by atoms with Crippen molar-refractivity contribution in [2.45, 2.75) is 31.2 Å². The number of aliphatic hydroxyl groups is 3. The second kappa shape index (κ2) is 8.49. The van der Waals surface area contributed by atoms with Gasteiger partial charge in [-0.25, -0.2) is 0 Å². The van der Waals surface area contributed by atoms with E-state index in [9.17, 15) is 25.2 Å². The Hall–Kier alpha value is -2.45. The molecular weight excluding hydrogens is 352 g/mol. The monoisotopic (exact) mass is 376 g/mol. The van der Waals surface area contributed by atoms with Crippen molar-refractivity contribution in [2.75, 3.05) is 13.2 Å². The summed E-state index contributed by atoms with van der Waals surface area (Å²) < 4.78 is 4.59. The first kappa shape index (κ1) is 20.9. The van der Waals surface area contributed by atoms with Gasteiger partial charge in [0.2, 0.25) is 0 Å². The number of hydrogen-bond acceptors (Lipinski definition) is 7. The number of rotatable bonds is 9. The Bertz CT molecular complexity index is 705. The number of phenolic OH excluding ortho intramolecular Hbond substituents is 2. The van der Waals surface area contributed by atoms with Gasteiger partial charge in [-0.1, -0.05) is 31.2 Å². The first-order chi connectivity index (χ1) is 12.7. The average molecular weight is 376 g/mol. The van der Waals surface area contributed by atoms with Crippen LogP contribution in [-0.2, 0) is 14.9 Å². The van der Waals surface area contributed by atoms with Crippen molar-refractivity contribution in [3.8, 4) is 11.5 Å². The fourth-order valence-corrected chi connectivity index (χ4v) is 2.82. The molecule has 2 aromatic carbocycles. The van der Waals surface area contributed by atoms with Gasteiger partial charge in [-0.15, -0.1) is 0 Å². The molecule has 0 aromatic heterocycles. The van der Waals surface area contributed by atoms with Crippen LogP contribution in [0, 0.1) is 0 Å². The smallest absolute Gasteiger partial charge is 0.302 e. The van der Waals surface area contributed by atoms with Gasteiger partial charge < -0.3 is 30.3 Å². The molecule has 7 nitrogen and oxygen atoms in total. The summed E-state index contributed by atoms with van der Waals surface area (Å²) in [5.41, 5.74) is 1.14. The SMILES string of the molecule is CC(CCC(=O)COC(O)(O)CO)(c1ccc(O)cc1)c1ccc(O)cc1. The van der Waals surface area contributed by atoms with Crippen LogP contribution in [0.4, 0.5) is 0 Å². The van der Waals surface area contributed by atoms with Crippen LogP contribution < -0.4 is 0 Å². The van der Waals surface area contributed by atoms with Gasteiger partial charge in [-0.2, -0.15) is 0 Å². The molecule has 5 N–H and O–H groups in total. The van der Waals surface area contributed by atoms with Crippen LogP contribution in [0.2, 0.25) is 0 Å². The van der Waals surface area contributed by atoms with E-state index in [-0.39, 0.29) is 23.7 Å². The van der Waals surface area contributed by atoms with Gasteiger partial charge in [-0.3, -0.25) is 4.79 Å². The van der Waals surface area contributed by atoms with E-state index in [1.807, 2.05) is 6.92 Å². The molecule has 0 heterocycles. The highest BCUT2D eigenvalue weighted by atomic mass is 16.8. The second-order valence-corrected chi connectivity index (χ2v) is 6.65. The third-order valence-corrected chi connectivity index (χ3v) is 4.58. The van der Waals surface area contributed by atoms with E-state index in [1.54, 1.807) is 48.5 Å². The molecule has 0 atom stereocenters. The van der Waals surface area contributed by atoms with Crippen LogP contribution >= 0.6 is 0 Å². The fraction of sp³-hybridized carbons (Fsp3) is 0.350. The van der Waals surface area contributed by atoms with Crippen molar-refractivity contribution in [1.82, 2.24) is 0 Å². The van der Waals surface area contributed by atoms with Crippen LogP contribution in [0.15, 0.2) is 48.5 Å². The molecule has 0 amide bonds. The predicted octanol–water partition coefficient (Wildman–Crippen LogP) is 1.40. The van der Waals surface area contributed by atoms with Crippen molar-refractivity contribution in [2.24, 2.45) is 0 Å². The number of ketones is 1. The minimum absolute atomic E-state index is 0.0831.